The number of hydrogen-bond acceptors (Lipinski definition) is 5. The van der Waals surface area contributed by atoms with Gasteiger partial charge >= 0.3 is 0 Å². The maximum atomic E-state index is 12.9. The van der Waals surface area contributed by atoms with Crippen molar-refractivity contribution in [1.29, 1.82) is 0 Å². The predicted molar refractivity (Wildman–Crippen MR) is 171 cm³/mol. The molecule has 224 valence electrons. The molecule has 0 saturated carbocycles. The summed E-state index contributed by atoms with van der Waals surface area (Å²) in [6.45, 7) is 6.14. The second-order valence-electron chi connectivity index (χ2n) is 11.6. The van der Waals surface area contributed by atoms with Gasteiger partial charge in [-0.25, -0.2) is 0 Å². The Balaban J connectivity index is 1.38. The number of phenols is 1. The van der Waals surface area contributed by atoms with Crippen LogP contribution >= 0.6 is 0 Å². The van der Waals surface area contributed by atoms with Crippen LogP contribution < -0.4 is 15.1 Å². The molecule has 1 fully saturated rings. The lowest BCUT2D eigenvalue weighted by atomic mass is 10.0. The van der Waals surface area contributed by atoms with Crippen molar-refractivity contribution in [2.75, 3.05) is 37.0 Å². The molecular weight excluding hydrogens is 524 g/mol. The van der Waals surface area contributed by atoms with Gasteiger partial charge in [0.15, 0.2) is 0 Å². The normalized spacial score (nSPS) is 15.5. The molecule has 0 unspecified atom stereocenters. The van der Waals surface area contributed by atoms with Gasteiger partial charge in [0.05, 0.1) is 5.69 Å². The lowest BCUT2D eigenvalue weighted by molar-refractivity contribution is -0.138. The predicted octanol–water partition coefficient (Wildman–Crippen LogP) is 6.27. The smallest absolute Gasteiger partial charge is 0.235 e. The van der Waals surface area contributed by atoms with Crippen molar-refractivity contribution in [3.8, 4) is 5.75 Å². The van der Waals surface area contributed by atoms with E-state index in [2.05, 4.69) is 46.3 Å². The van der Waals surface area contributed by atoms with Crippen LogP contribution in [0, 0.1) is 5.92 Å². The minimum Gasteiger partial charge on any atom is -0.506 e. The summed E-state index contributed by atoms with van der Waals surface area (Å²) in [7, 11) is 4.06. The van der Waals surface area contributed by atoms with E-state index >= 15 is 0 Å². The van der Waals surface area contributed by atoms with E-state index in [4.69, 9.17) is 0 Å². The van der Waals surface area contributed by atoms with Gasteiger partial charge in [-0.05, 0) is 80.1 Å². The Hall–Kier alpha value is -4.00. The Morgan fingerprint density at radius 2 is 1.76 bits per heavy atom. The Morgan fingerprint density at radius 3 is 2.48 bits per heavy atom. The summed E-state index contributed by atoms with van der Waals surface area (Å²) in [6.07, 6.45) is 5.21. The number of likely N-dealkylation sites (tertiary alicyclic amines) is 1. The van der Waals surface area contributed by atoms with Crippen LogP contribution in [0.25, 0.3) is 0 Å². The molecule has 2 atom stereocenters. The molecule has 1 aliphatic heterocycles. The number of benzene rings is 3. The summed E-state index contributed by atoms with van der Waals surface area (Å²) in [5, 5.41) is 14.2. The molecule has 42 heavy (non-hydrogen) atoms. The molecule has 1 saturated heterocycles. The summed E-state index contributed by atoms with van der Waals surface area (Å²) < 4.78 is 0. The number of unbranched alkanes of at least 4 members (excludes halogenated alkanes) is 2. The van der Waals surface area contributed by atoms with E-state index in [9.17, 15) is 14.7 Å². The molecule has 0 aromatic heterocycles. The van der Waals surface area contributed by atoms with Gasteiger partial charge in [0.1, 0.15) is 11.7 Å². The zero-order chi connectivity index (χ0) is 30.1. The lowest BCUT2D eigenvalue weighted by Crippen LogP contribution is -2.41. The first-order chi connectivity index (χ1) is 20.3. The zero-order valence-electron chi connectivity index (χ0n) is 25.6. The molecule has 1 heterocycles. The van der Waals surface area contributed by atoms with Crippen LogP contribution in [0.4, 0.5) is 17.1 Å². The molecule has 1 aliphatic rings. The standard InChI is InChI=1S/C35H46N4O3/c1-5-6-10-21-38-22-20-31(35(38)42)34(41)36-26(2)16-17-27-18-19-32(33(40)24-27)39(29-13-8-7-9-14-29)25-28-12-11-15-30(23-28)37(3)4/h7-9,11-15,18-19,23-24,26,31,40H,5-6,10,16-17,20-22,25H2,1-4H3,(H,36,41)/t26-,31-/m0/s1. The largest absolute Gasteiger partial charge is 0.506 e. The average molecular weight is 571 g/mol. The van der Waals surface area contributed by atoms with E-state index < -0.39 is 5.92 Å². The molecule has 4 rings (SSSR count). The minimum atomic E-state index is -0.570. The number of anilines is 3. The third-order valence-corrected chi connectivity index (χ3v) is 8.07. The number of para-hydroxylation sites is 1. The van der Waals surface area contributed by atoms with Gasteiger partial charge in [-0.3, -0.25) is 9.59 Å². The Kier molecular flexibility index (Phi) is 10.9. The quantitative estimate of drug-likeness (QED) is 0.176. The van der Waals surface area contributed by atoms with Crippen molar-refractivity contribution in [2.24, 2.45) is 5.92 Å². The minimum absolute atomic E-state index is 0.0345. The molecule has 2 N–H and O–H groups in total. The maximum Gasteiger partial charge on any atom is 0.235 e. The van der Waals surface area contributed by atoms with E-state index in [1.807, 2.05) is 74.4 Å². The molecule has 0 aliphatic carbocycles. The van der Waals surface area contributed by atoms with Crippen LogP contribution in [0.15, 0.2) is 72.8 Å². The highest BCUT2D eigenvalue weighted by molar-refractivity contribution is 6.01. The molecule has 0 bridgehead atoms. The van der Waals surface area contributed by atoms with Crippen molar-refractivity contribution >= 4 is 28.9 Å². The second-order valence-corrected chi connectivity index (χ2v) is 11.6. The van der Waals surface area contributed by atoms with Crippen LogP contribution in [0.5, 0.6) is 5.75 Å². The van der Waals surface area contributed by atoms with E-state index in [0.29, 0.717) is 32.4 Å². The van der Waals surface area contributed by atoms with Gasteiger partial charge in [-0.1, -0.05) is 56.2 Å². The number of rotatable bonds is 14. The van der Waals surface area contributed by atoms with Gasteiger partial charge in [0.25, 0.3) is 0 Å². The first-order valence-electron chi connectivity index (χ1n) is 15.3. The van der Waals surface area contributed by atoms with E-state index in [-0.39, 0.29) is 23.6 Å². The monoisotopic (exact) mass is 570 g/mol. The van der Waals surface area contributed by atoms with Crippen LogP contribution in [0.3, 0.4) is 0 Å². The summed E-state index contributed by atoms with van der Waals surface area (Å²) in [4.78, 5) is 31.6. The highest BCUT2D eigenvalue weighted by Crippen LogP contribution is 2.36. The molecule has 0 spiro atoms. The highest BCUT2D eigenvalue weighted by Gasteiger charge is 2.36. The SMILES string of the molecule is CCCCCN1CC[C@@H](C(=O)N[C@@H](C)CCc2ccc(N(Cc3cccc(N(C)C)c3)c3ccccc3)c(O)c2)C1=O. The van der Waals surface area contributed by atoms with Crippen molar-refractivity contribution < 1.29 is 14.7 Å². The van der Waals surface area contributed by atoms with Crippen LogP contribution in [-0.4, -0.2) is 55.0 Å². The molecule has 0 radical (unpaired) electrons. The fourth-order valence-electron chi connectivity index (χ4n) is 5.55. The molecule has 3 aromatic carbocycles. The third-order valence-electron chi connectivity index (χ3n) is 8.07. The second kappa shape index (κ2) is 14.8. The van der Waals surface area contributed by atoms with E-state index in [1.165, 1.54) is 0 Å². The number of nitrogens with zero attached hydrogens (tertiary/aromatic N) is 3. The molecule has 2 amide bonds. The molecule has 7 heteroatoms. The van der Waals surface area contributed by atoms with Crippen molar-refractivity contribution in [3.63, 3.8) is 0 Å². The average Bonchev–Trinajstić information content (AvgIpc) is 3.36. The summed E-state index contributed by atoms with van der Waals surface area (Å²) in [6, 6.07) is 24.3. The highest BCUT2D eigenvalue weighted by atomic mass is 16.3. The number of carbonyl (C=O) groups is 2. The van der Waals surface area contributed by atoms with E-state index in [1.54, 1.807) is 0 Å². The van der Waals surface area contributed by atoms with Gasteiger partial charge in [-0.15, -0.1) is 0 Å². The number of amides is 2. The first-order valence-corrected chi connectivity index (χ1v) is 15.3. The zero-order valence-corrected chi connectivity index (χ0v) is 25.6. The Labute approximate surface area is 251 Å². The maximum absolute atomic E-state index is 12.9. The van der Waals surface area contributed by atoms with Crippen molar-refractivity contribution in [1.82, 2.24) is 10.2 Å². The number of aromatic hydroxyl groups is 1. The number of phenolic OH excluding ortho intramolecular Hbond substituents is 1. The van der Waals surface area contributed by atoms with Crippen LogP contribution in [-0.2, 0) is 22.6 Å². The molecular formula is C35H46N4O3. The molecule has 7 nitrogen and oxygen atoms in total. The van der Waals surface area contributed by atoms with Gasteiger partial charge in [0.2, 0.25) is 11.8 Å². The fourth-order valence-corrected chi connectivity index (χ4v) is 5.55. The summed E-state index contributed by atoms with van der Waals surface area (Å²) in [5.74, 6) is -0.551. The fraction of sp³-hybridized carbons (Fsp3) is 0.429. The van der Waals surface area contributed by atoms with Gasteiger partial charge in [0, 0.05) is 51.1 Å². The van der Waals surface area contributed by atoms with Crippen LogP contribution in [0.1, 0.15) is 57.1 Å². The van der Waals surface area contributed by atoms with E-state index in [0.717, 1.165) is 54.0 Å². The lowest BCUT2D eigenvalue weighted by Gasteiger charge is -2.27. The van der Waals surface area contributed by atoms with Crippen molar-refractivity contribution in [2.45, 2.75) is 65.0 Å². The summed E-state index contributed by atoms with van der Waals surface area (Å²) in [5.41, 5.74) is 5.01. The number of hydrogen-bond donors (Lipinski definition) is 2. The number of nitrogens with one attached hydrogen (secondary N) is 1. The first kappa shape index (κ1) is 30.9. The molecule has 3 aromatic rings. The third kappa shape index (κ3) is 8.05. The number of aryl methyl sites for hydroxylation is 1. The van der Waals surface area contributed by atoms with Crippen LogP contribution in [0.2, 0.25) is 0 Å². The van der Waals surface area contributed by atoms with Gasteiger partial charge < -0.3 is 25.1 Å². The Bertz CT molecular complexity index is 1330. The number of carbonyl (C=O) groups excluding carboxylic acids is 2. The summed E-state index contributed by atoms with van der Waals surface area (Å²) >= 11 is 0. The van der Waals surface area contributed by atoms with Gasteiger partial charge in [-0.2, -0.15) is 0 Å². The topological polar surface area (TPSA) is 76.1 Å². The Morgan fingerprint density at radius 1 is 1.00 bits per heavy atom. The van der Waals surface area contributed by atoms with Crippen molar-refractivity contribution in [3.05, 3.63) is 83.9 Å².